The molecular weight excluding hydrogens is 180 g/mol. The van der Waals surface area contributed by atoms with Crippen LogP contribution in [-0.2, 0) is 4.79 Å². The van der Waals surface area contributed by atoms with Crippen LogP contribution in [-0.4, -0.2) is 42.9 Å². The molecule has 0 bridgehead atoms. The third-order valence-electron chi connectivity index (χ3n) is 1.98. The number of piperazine rings is 1. The van der Waals surface area contributed by atoms with Gasteiger partial charge in [-0.15, -0.1) is 0 Å². The Kier molecular flexibility index (Phi) is 3.73. The van der Waals surface area contributed by atoms with Crippen molar-refractivity contribution >= 4 is 11.9 Å². The van der Waals surface area contributed by atoms with E-state index in [0.717, 1.165) is 6.54 Å². The molecule has 1 aliphatic heterocycles. The van der Waals surface area contributed by atoms with Crippen LogP contribution in [0.4, 0.5) is 0 Å². The van der Waals surface area contributed by atoms with Gasteiger partial charge in [-0.2, -0.15) is 0 Å². The standard InChI is InChI=1S/C9H18N4O/c1-7(2)5-12-9(10)13-4-3-11-8(14)6-13/h7H,3-6H2,1-2H3,(H2,10,12)(H,11,14). The van der Waals surface area contributed by atoms with Crippen LogP contribution in [0.3, 0.4) is 0 Å². The minimum Gasteiger partial charge on any atom is -0.370 e. The Morgan fingerprint density at radius 2 is 2.43 bits per heavy atom. The minimum atomic E-state index is 0.0129. The molecule has 5 heteroatoms. The van der Waals surface area contributed by atoms with Gasteiger partial charge in [0.25, 0.3) is 0 Å². The predicted octanol–water partition coefficient (Wildman–Crippen LogP) is -0.611. The first-order chi connectivity index (χ1) is 6.59. The summed E-state index contributed by atoms with van der Waals surface area (Å²) in [6, 6.07) is 0. The predicted molar refractivity (Wildman–Crippen MR) is 55.9 cm³/mol. The van der Waals surface area contributed by atoms with Crippen molar-refractivity contribution in [3.05, 3.63) is 0 Å². The molecule has 0 aromatic carbocycles. The molecule has 1 aliphatic rings. The van der Waals surface area contributed by atoms with Gasteiger partial charge >= 0.3 is 0 Å². The monoisotopic (exact) mass is 198 g/mol. The maximum absolute atomic E-state index is 11.1. The number of hydrogen-bond acceptors (Lipinski definition) is 2. The fourth-order valence-electron chi connectivity index (χ4n) is 1.21. The van der Waals surface area contributed by atoms with Gasteiger partial charge in [-0.3, -0.25) is 9.79 Å². The van der Waals surface area contributed by atoms with Crippen molar-refractivity contribution < 1.29 is 4.79 Å². The number of nitrogens with two attached hydrogens (primary N) is 1. The minimum absolute atomic E-state index is 0.0129. The zero-order chi connectivity index (χ0) is 10.6. The van der Waals surface area contributed by atoms with Gasteiger partial charge in [-0.25, -0.2) is 0 Å². The van der Waals surface area contributed by atoms with Gasteiger partial charge in [0.2, 0.25) is 5.91 Å². The molecular formula is C9H18N4O. The highest BCUT2D eigenvalue weighted by Gasteiger charge is 2.17. The first-order valence-electron chi connectivity index (χ1n) is 4.91. The third-order valence-corrected chi connectivity index (χ3v) is 1.98. The third kappa shape index (κ3) is 3.24. The van der Waals surface area contributed by atoms with E-state index >= 15 is 0 Å². The molecule has 3 N–H and O–H groups in total. The number of carbonyl (C=O) groups is 1. The lowest BCUT2D eigenvalue weighted by Crippen LogP contribution is -2.52. The van der Waals surface area contributed by atoms with Crippen molar-refractivity contribution in [2.24, 2.45) is 16.6 Å². The maximum Gasteiger partial charge on any atom is 0.239 e. The fraction of sp³-hybridized carbons (Fsp3) is 0.778. The van der Waals surface area contributed by atoms with Crippen LogP contribution in [0.25, 0.3) is 0 Å². The highest BCUT2D eigenvalue weighted by molar-refractivity contribution is 5.86. The summed E-state index contributed by atoms with van der Waals surface area (Å²) in [6.07, 6.45) is 0. The Morgan fingerprint density at radius 3 is 3.00 bits per heavy atom. The van der Waals surface area contributed by atoms with Gasteiger partial charge in [-0.1, -0.05) is 13.8 Å². The molecule has 1 heterocycles. The molecule has 1 saturated heterocycles. The number of rotatable bonds is 2. The second kappa shape index (κ2) is 4.83. The summed E-state index contributed by atoms with van der Waals surface area (Å²) in [5.41, 5.74) is 5.75. The Balaban J connectivity index is 2.46. The number of nitrogens with zero attached hydrogens (tertiary/aromatic N) is 2. The van der Waals surface area contributed by atoms with E-state index in [-0.39, 0.29) is 5.91 Å². The van der Waals surface area contributed by atoms with E-state index in [1.807, 2.05) is 0 Å². The molecule has 5 nitrogen and oxygen atoms in total. The zero-order valence-corrected chi connectivity index (χ0v) is 8.79. The molecule has 0 atom stereocenters. The van der Waals surface area contributed by atoms with Gasteiger partial charge in [0.1, 0.15) is 0 Å². The molecule has 0 aromatic heterocycles. The highest BCUT2D eigenvalue weighted by Crippen LogP contribution is 1.96. The summed E-state index contributed by atoms with van der Waals surface area (Å²) in [6.45, 7) is 6.60. The summed E-state index contributed by atoms with van der Waals surface area (Å²) < 4.78 is 0. The Hall–Kier alpha value is -1.26. The average molecular weight is 198 g/mol. The van der Waals surface area contributed by atoms with E-state index in [9.17, 15) is 4.79 Å². The Morgan fingerprint density at radius 1 is 1.71 bits per heavy atom. The molecule has 1 fully saturated rings. The second-order valence-corrected chi connectivity index (χ2v) is 3.86. The number of nitrogens with one attached hydrogen (secondary N) is 1. The summed E-state index contributed by atoms with van der Waals surface area (Å²) in [4.78, 5) is 17.1. The summed E-state index contributed by atoms with van der Waals surface area (Å²) in [5.74, 6) is 0.986. The lowest BCUT2D eigenvalue weighted by molar-refractivity contribution is -0.122. The number of aliphatic imine (C=N–C) groups is 1. The van der Waals surface area contributed by atoms with Crippen molar-refractivity contribution in [2.45, 2.75) is 13.8 Å². The fourth-order valence-corrected chi connectivity index (χ4v) is 1.21. The molecule has 0 unspecified atom stereocenters. The molecule has 0 aromatic rings. The van der Waals surface area contributed by atoms with Gasteiger partial charge in [0, 0.05) is 19.6 Å². The topological polar surface area (TPSA) is 70.7 Å². The molecule has 1 rings (SSSR count). The van der Waals surface area contributed by atoms with Crippen molar-refractivity contribution in [3.8, 4) is 0 Å². The normalized spacial score (nSPS) is 18.6. The van der Waals surface area contributed by atoms with Gasteiger partial charge in [-0.05, 0) is 5.92 Å². The van der Waals surface area contributed by atoms with Crippen molar-refractivity contribution in [2.75, 3.05) is 26.2 Å². The summed E-state index contributed by atoms with van der Waals surface area (Å²) in [5, 5.41) is 2.74. The van der Waals surface area contributed by atoms with Crippen LogP contribution in [0.5, 0.6) is 0 Å². The quantitative estimate of drug-likeness (QED) is 0.459. The average Bonchev–Trinajstić information content (AvgIpc) is 2.14. The largest absolute Gasteiger partial charge is 0.370 e. The molecule has 0 radical (unpaired) electrons. The van der Waals surface area contributed by atoms with Gasteiger partial charge < -0.3 is 16.0 Å². The van der Waals surface area contributed by atoms with E-state index in [1.54, 1.807) is 4.90 Å². The van der Waals surface area contributed by atoms with E-state index < -0.39 is 0 Å². The molecule has 14 heavy (non-hydrogen) atoms. The van der Waals surface area contributed by atoms with E-state index in [2.05, 4.69) is 24.2 Å². The van der Waals surface area contributed by atoms with Crippen LogP contribution in [0.2, 0.25) is 0 Å². The van der Waals surface area contributed by atoms with E-state index in [4.69, 9.17) is 5.73 Å². The molecule has 0 saturated carbocycles. The molecule has 0 spiro atoms. The van der Waals surface area contributed by atoms with Crippen LogP contribution in [0.1, 0.15) is 13.8 Å². The van der Waals surface area contributed by atoms with Gasteiger partial charge in [0.15, 0.2) is 5.96 Å². The number of amides is 1. The van der Waals surface area contributed by atoms with Crippen molar-refractivity contribution in [3.63, 3.8) is 0 Å². The molecule has 80 valence electrons. The van der Waals surface area contributed by atoms with Gasteiger partial charge in [0.05, 0.1) is 6.54 Å². The second-order valence-electron chi connectivity index (χ2n) is 3.86. The van der Waals surface area contributed by atoms with Crippen LogP contribution in [0, 0.1) is 5.92 Å². The summed E-state index contributed by atoms with van der Waals surface area (Å²) in [7, 11) is 0. The van der Waals surface area contributed by atoms with Crippen LogP contribution in [0.15, 0.2) is 4.99 Å². The maximum atomic E-state index is 11.1. The number of hydrogen-bond donors (Lipinski definition) is 2. The molecule has 1 amide bonds. The van der Waals surface area contributed by atoms with Crippen LogP contribution < -0.4 is 11.1 Å². The molecule has 0 aliphatic carbocycles. The van der Waals surface area contributed by atoms with E-state index in [0.29, 0.717) is 31.5 Å². The van der Waals surface area contributed by atoms with Crippen molar-refractivity contribution in [1.29, 1.82) is 0 Å². The zero-order valence-electron chi connectivity index (χ0n) is 8.79. The van der Waals surface area contributed by atoms with Crippen molar-refractivity contribution in [1.82, 2.24) is 10.2 Å². The summed E-state index contributed by atoms with van der Waals surface area (Å²) >= 11 is 0. The highest BCUT2D eigenvalue weighted by atomic mass is 16.2. The van der Waals surface area contributed by atoms with Crippen LogP contribution >= 0.6 is 0 Å². The lowest BCUT2D eigenvalue weighted by atomic mass is 10.2. The SMILES string of the molecule is CC(C)CN=C(N)N1CCNC(=O)C1. The first kappa shape index (κ1) is 10.8. The number of guanidine groups is 1. The first-order valence-corrected chi connectivity index (χ1v) is 4.91. The smallest absolute Gasteiger partial charge is 0.239 e. The Bertz CT molecular complexity index is 237. The lowest BCUT2D eigenvalue weighted by Gasteiger charge is -2.27. The number of carbonyl (C=O) groups excluding carboxylic acids is 1. The van der Waals surface area contributed by atoms with E-state index in [1.165, 1.54) is 0 Å². The Labute approximate surface area is 84.4 Å².